The molecule has 4 nitrogen and oxygen atoms in total. The van der Waals surface area contributed by atoms with Gasteiger partial charge in [-0.2, -0.15) is 5.26 Å². The van der Waals surface area contributed by atoms with Crippen molar-refractivity contribution in [1.29, 1.82) is 5.26 Å². The first-order valence-corrected chi connectivity index (χ1v) is 8.71. The zero-order valence-electron chi connectivity index (χ0n) is 15.3. The Morgan fingerprint density at radius 1 is 1.07 bits per heavy atom. The van der Waals surface area contributed by atoms with Gasteiger partial charge in [0.1, 0.15) is 11.5 Å². The van der Waals surface area contributed by atoms with Gasteiger partial charge in [0.2, 0.25) is 5.78 Å². The highest BCUT2D eigenvalue weighted by Crippen LogP contribution is 2.31. The van der Waals surface area contributed by atoms with Crippen LogP contribution in [0.1, 0.15) is 25.1 Å². The summed E-state index contributed by atoms with van der Waals surface area (Å²) in [6.45, 7) is 2.88. The van der Waals surface area contributed by atoms with E-state index in [-0.39, 0.29) is 0 Å². The van der Waals surface area contributed by atoms with E-state index in [4.69, 9.17) is 0 Å². The molecule has 2 aromatic carbocycles. The van der Waals surface area contributed by atoms with Gasteiger partial charge in [-0.15, -0.1) is 0 Å². The Labute approximate surface area is 160 Å². The number of nitriles is 1. The molecule has 0 bridgehead atoms. The van der Waals surface area contributed by atoms with Crippen LogP contribution in [0.15, 0.2) is 60.9 Å². The molecule has 0 radical (unpaired) electrons. The molecule has 2 heterocycles. The van der Waals surface area contributed by atoms with Crippen molar-refractivity contribution in [1.82, 2.24) is 14.4 Å². The number of hydrogen-bond acceptors (Lipinski definition) is 3. The number of nitrogens with zero attached hydrogens (tertiary/aromatic N) is 4. The lowest BCUT2D eigenvalue weighted by molar-refractivity contribution is 0.214. The van der Waals surface area contributed by atoms with Crippen LogP contribution < -0.4 is 0 Å². The summed E-state index contributed by atoms with van der Waals surface area (Å²) in [7, 11) is 0. The molecule has 6 heteroatoms. The summed E-state index contributed by atoms with van der Waals surface area (Å²) in [5, 5.41) is 9.33. The monoisotopic (exact) mass is 374 g/mol. The SMILES string of the molecule is CC(C)(F)c1ccn2c(-c3ccc(F)c(-c4ccccc4C#N)c3)cnc2n1. The van der Waals surface area contributed by atoms with Crippen LogP contribution in [0.2, 0.25) is 0 Å². The maximum Gasteiger partial charge on any atom is 0.234 e. The third-order valence-corrected chi connectivity index (χ3v) is 4.59. The van der Waals surface area contributed by atoms with Crippen molar-refractivity contribution in [3.63, 3.8) is 0 Å². The van der Waals surface area contributed by atoms with Gasteiger partial charge >= 0.3 is 0 Å². The Kier molecular flexibility index (Phi) is 4.16. The number of aromatic nitrogens is 3. The van der Waals surface area contributed by atoms with Crippen LogP contribution in [-0.4, -0.2) is 14.4 Å². The van der Waals surface area contributed by atoms with E-state index in [1.54, 1.807) is 59.3 Å². The molecule has 0 saturated heterocycles. The fourth-order valence-corrected chi connectivity index (χ4v) is 3.12. The van der Waals surface area contributed by atoms with Crippen molar-refractivity contribution < 1.29 is 8.78 Å². The molecule has 0 amide bonds. The second-order valence-corrected chi connectivity index (χ2v) is 6.95. The third-order valence-electron chi connectivity index (χ3n) is 4.59. The number of hydrogen-bond donors (Lipinski definition) is 0. The molecular weight excluding hydrogens is 358 g/mol. The highest BCUT2D eigenvalue weighted by molar-refractivity contribution is 5.76. The Balaban J connectivity index is 1.86. The van der Waals surface area contributed by atoms with Gasteiger partial charge in [0, 0.05) is 22.9 Å². The van der Waals surface area contributed by atoms with Crippen molar-refractivity contribution in [2.45, 2.75) is 19.5 Å². The molecule has 0 aliphatic rings. The van der Waals surface area contributed by atoms with E-state index in [1.165, 1.54) is 19.9 Å². The maximum absolute atomic E-state index is 14.5. The summed E-state index contributed by atoms with van der Waals surface area (Å²) in [5.41, 5.74) is 1.38. The van der Waals surface area contributed by atoms with E-state index in [2.05, 4.69) is 16.0 Å². The fourth-order valence-electron chi connectivity index (χ4n) is 3.12. The first kappa shape index (κ1) is 17.8. The molecule has 0 aliphatic carbocycles. The number of halogens is 2. The van der Waals surface area contributed by atoms with Gasteiger partial charge in [0.15, 0.2) is 0 Å². The lowest BCUT2D eigenvalue weighted by Gasteiger charge is -2.13. The summed E-state index contributed by atoms with van der Waals surface area (Å²) in [6.07, 6.45) is 3.32. The molecule has 2 aromatic heterocycles. The summed E-state index contributed by atoms with van der Waals surface area (Å²) in [5.74, 6) is -0.0543. The van der Waals surface area contributed by atoms with Crippen LogP contribution in [0.5, 0.6) is 0 Å². The smallest absolute Gasteiger partial charge is 0.234 e. The molecule has 0 aliphatic heterocycles. The zero-order valence-corrected chi connectivity index (χ0v) is 15.3. The minimum atomic E-state index is -1.57. The fraction of sp³-hybridized carbons (Fsp3) is 0.136. The van der Waals surface area contributed by atoms with E-state index < -0.39 is 11.5 Å². The average Bonchev–Trinajstić information content (AvgIpc) is 3.11. The van der Waals surface area contributed by atoms with Crippen molar-refractivity contribution >= 4 is 5.78 Å². The van der Waals surface area contributed by atoms with Gasteiger partial charge in [-0.25, -0.2) is 18.7 Å². The van der Waals surface area contributed by atoms with E-state index in [1.807, 2.05) is 0 Å². The lowest BCUT2D eigenvalue weighted by Crippen LogP contribution is -2.12. The van der Waals surface area contributed by atoms with Gasteiger partial charge < -0.3 is 0 Å². The number of alkyl halides is 1. The first-order chi connectivity index (χ1) is 13.4. The summed E-state index contributed by atoms with van der Waals surface area (Å²) < 4.78 is 30.4. The standard InChI is InChI=1S/C22H16F2N4/c1-22(2,24)20-9-10-28-19(13-26-21(28)27-20)14-7-8-18(23)17(11-14)16-6-4-3-5-15(16)12-25/h3-11,13H,1-2H3. The minimum Gasteiger partial charge on any atom is -0.284 e. The second-order valence-electron chi connectivity index (χ2n) is 6.95. The zero-order chi connectivity index (χ0) is 19.9. The van der Waals surface area contributed by atoms with Crippen LogP contribution in [0, 0.1) is 17.1 Å². The minimum absolute atomic E-state index is 0.292. The molecule has 0 unspecified atom stereocenters. The Morgan fingerprint density at radius 3 is 2.61 bits per heavy atom. The molecule has 0 N–H and O–H groups in total. The van der Waals surface area contributed by atoms with E-state index in [0.717, 1.165) is 0 Å². The van der Waals surface area contributed by atoms with Gasteiger partial charge in [-0.05, 0) is 44.2 Å². The van der Waals surface area contributed by atoms with Crippen molar-refractivity contribution in [2.75, 3.05) is 0 Å². The van der Waals surface area contributed by atoms with E-state index in [9.17, 15) is 14.0 Å². The van der Waals surface area contributed by atoms with Crippen molar-refractivity contribution in [2.24, 2.45) is 0 Å². The average molecular weight is 374 g/mol. The van der Waals surface area contributed by atoms with E-state index >= 15 is 0 Å². The molecule has 4 rings (SSSR count). The molecular formula is C22H16F2N4. The first-order valence-electron chi connectivity index (χ1n) is 8.71. The highest BCUT2D eigenvalue weighted by Gasteiger charge is 2.22. The number of imidazole rings is 1. The van der Waals surface area contributed by atoms with Crippen molar-refractivity contribution in [3.8, 4) is 28.5 Å². The van der Waals surface area contributed by atoms with Gasteiger partial charge in [-0.3, -0.25) is 4.40 Å². The highest BCUT2D eigenvalue weighted by atomic mass is 19.1. The normalized spacial score (nSPS) is 11.5. The quantitative estimate of drug-likeness (QED) is 0.490. The topological polar surface area (TPSA) is 54.0 Å². The number of rotatable bonds is 3. The lowest BCUT2D eigenvalue weighted by atomic mass is 9.97. The van der Waals surface area contributed by atoms with Crippen LogP contribution >= 0.6 is 0 Å². The van der Waals surface area contributed by atoms with Gasteiger partial charge in [-0.1, -0.05) is 18.2 Å². The molecule has 0 fully saturated rings. The summed E-state index contributed by atoms with van der Waals surface area (Å²) in [4.78, 5) is 8.54. The van der Waals surface area contributed by atoms with Crippen LogP contribution in [0.3, 0.4) is 0 Å². The third kappa shape index (κ3) is 3.01. The molecule has 4 aromatic rings. The van der Waals surface area contributed by atoms with Gasteiger partial charge in [0.05, 0.1) is 29.2 Å². The maximum atomic E-state index is 14.5. The Morgan fingerprint density at radius 2 is 1.86 bits per heavy atom. The molecule has 138 valence electrons. The molecule has 0 atom stereocenters. The summed E-state index contributed by atoms with van der Waals surface area (Å²) >= 11 is 0. The predicted octanol–water partition coefficient (Wildman–Crippen LogP) is 5.28. The number of fused-ring (bicyclic) bond motifs is 1. The largest absolute Gasteiger partial charge is 0.284 e. The van der Waals surface area contributed by atoms with Gasteiger partial charge in [0.25, 0.3) is 0 Å². The van der Waals surface area contributed by atoms with Crippen LogP contribution in [0.4, 0.5) is 8.78 Å². The van der Waals surface area contributed by atoms with E-state index in [0.29, 0.717) is 39.4 Å². The Hall–Kier alpha value is -3.59. The number of benzene rings is 2. The van der Waals surface area contributed by atoms with Crippen molar-refractivity contribution in [3.05, 3.63) is 78.0 Å². The predicted molar refractivity (Wildman–Crippen MR) is 103 cm³/mol. The molecule has 0 spiro atoms. The van der Waals surface area contributed by atoms with Crippen LogP contribution in [-0.2, 0) is 5.67 Å². The molecule has 28 heavy (non-hydrogen) atoms. The van der Waals surface area contributed by atoms with Crippen LogP contribution in [0.25, 0.3) is 28.2 Å². The summed E-state index contributed by atoms with van der Waals surface area (Å²) in [6, 6.07) is 15.3. The Bertz CT molecular complexity index is 1230. The second kappa shape index (κ2) is 6.54. The molecule has 0 saturated carbocycles.